The van der Waals surface area contributed by atoms with E-state index in [1.165, 1.54) is 0 Å². The smallest absolute Gasteiger partial charge is 0.222 e. The summed E-state index contributed by atoms with van der Waals surface area (Å²) in [4.78, 5) is 21.5. The number of amides is 1. The zero-order chi connectivity index (χ0) is 22.5. The van der Waals surface area contributed by atoms with Gasteiger partial charge in [0.05, 0.1) is 26.0 Å². The molecule has 0 aliphatic heterocycles. The van der Waals surface area contributed by atoms with Crippen molar-refractivity contribution in [3.63, 3.8) is 0 Å². The van der Waals surface area contributed by atoms with Crippen molar-refractivity contribution in [1.29, 1.82) is 0 Å². The van der Waals surface area contributed by atoms with Gasteiger partial charge in [-0.3, -0.25) is 9.78 Å². The highest BCUT2D eigenvalue weighted by atomic mass is 16.5. The third kappa shape index (κ3) is 4.42. The van der Waals surface area contributed by atoms with Gasteiger partial charge in [-0.2, -0.15) is 0 Å². The van der Waals surface area contributed by atoms with E-state index in [4.69, 9.17) is 9.47 Å². The molecule has 1 aromatic carbocycles. The van der Waals surface area contributed by atoms with Crippen molar-refractivity contribution >= 4 is 16.9 Å². The summed E-state index contributed by atoms with van der Waals surface area (Å²) in [6.07, 6.45) is 5.61. The maximum atomic E-state index is 12.8. The Hall–Kier alpha value is -3.87. The lowest BCUT2D eigenvalue weighted by Crippen LogP contribution is -2.27. The van der Waals surface area contributed by atoms with E-state index in [1.54, 1.807) is 32.8 Å². The normalized spacial score (nSPS) is 11.8. The van der Waals surface area contributed by atoms with Crippen LogP contribution in [0.4, 0.5) is 0 Å². The summed E-state index contributed by atoms with van der Waals surface area (Å²) in [5, 5.41) is 4.11. The van der Waals surface area contributed by atoms with E-state index < -0.39 is 0 Å². The molecule has 0 aliphatic rings. The van der Waals surface area contributed by atoms with E-state index >= 15 is 0 Å². The topological polar surface area (TPSA) is 78.3 Å². The molecule has 0 saturated heterocycles. The summed E-state index contributed by atoms with van der Waals surface area (Å²) in [6.45, 7) is 2.44. The van der Waals surface area contributed by atoms with Crippen molar-refractivity contribution in [3.05, 3.63) is 72.7 Å². The van der Waals surface area contributed by atoms with Crippen LogP contribution in [-0.4, -0.2) is 34.7 Å². The molecule has 0 bridgehead atoms. The number of carbonyl (C=O) groups excluding carboxylic acids is 1. The van der Waals surface area contributed by atoms with Crippen molar-refractivity contribution in [2.75, 3.05) is 14.2 Å². The monoisotopic (exact) mass is 430 g/mol. The molecule has 0 spiro atoms. The van der Waals surface area contributed by atoms with Gasteiger partial charge < -0.3 is 19.4 Å². The lowest BCUT2D eigenvalue weighted by Gasteiger charge is -2.18. The molecule has 3 heterocycles. The second kappa shape index (κ2) is 9.51. The zero-order valence-corrected chi connectivity index (χ0v) is 18.4. The first-order chi connectivity index (χ1) is 15.6. The van der Waals surface area contributed by atoms with Crippen molar-refractivity contribution in [1.82, 2.24) is 19.9 Å². The maximum absolute atomic E-state index is 12.8. The largest absolute Gasteiger partial charge is 0.497 e. The molecule has 1 atom stereocenters. The standard InChI is InChI=1S/C25H26N4O3/c1-17(21-16-20(31-2)6-7-23(21)32-3)28-24(30)10-14-29-22(18-8-12-26-13-9-18)15-19-5-4-11-27-25(19)29/h4-9,11-13,15-17H,10,14H2,1-3H3,(H,28,30)/t17-/m0/s1. The third-order valence-corrected chi connectivity index (χ3v) is 5.47. The van der Waals surface area contributed by atoms with Gasteiger partial charge in [0.15, 0.2) is 0 Å². The highest BCUT2D eigenvalue weighted by Crippen LogP contribution is 2.30. The predicted octanol–water partition coefficient (Wildman–Crippen LogP) is 4.38. The lowest BCUT2D eigenvalue weighted by molar-refractivity contribution is -0.121. The molecular formula is C25H26N4O3. The molecule has 1 amide bonds. The Morgan fingerprint density at radius 2 is 1.88 bits per heavy atom. The van der Waals surface area contributed by atoms with Gasteiger partial charge in [-0.1, -0.05) is 0 Å². The molecule has 0 radical (unpaired) electrons. The molecule has 1 N–H and O–H groups in total. The number of ether oxygens (including phenoxy) is 2. The minimum absolute atomic E-state index is 0.0548. The molecule has 0 saturated carbocycles. The van der Waals surface area contributed by atoms with E-state index in [0.717, 1.165) is 27.9 Å². The molecule has 4 aromatic rings. The first kappa shape index (κ1) is 21.4. The average molecular weight is 431 g/mol. The molecule has 4 rings (SSSR count). The Bertz CT molecular complexity index is 1220. The van der Waals surface area contributed by atoms with Gasteiger partial charge in [0.1, 0.15) is 17.1 Å². The van der Waals surface area contributed by atoms with Crippen LogP contribution in [-0.2, 0) is 11.3 Å². The highest BCUT2D eigenvalue weighted by molar-refractivity contribution is 5.84. The Kier molecular flexibility index (Phi) is 6.35. The predicted molar refractivity (Wildman–Crippen MR) is 124 cm³/mol. The van der Waals surface area contributed by atoms with Crippen LogP contribution in [0.3, 0.4) is 0 Å². The van der Waals surface area contributed by atoms with Gasteiger partial charge in [0.25, 0.3) is 0 Å². The van der Waals surface area contributed by atoms with Gasteiger partial charge in [0, 0.05) is 48.1 Å². The number of carbonyl (C=O) groups is 1. The number of benzene rings is 1. The molecule has 7 nitrogen and oxygen atoms in total. The number of aromatic nitrogens is 3. The summed E-state index contributed by atoms with van der Waals surface area (Å²) in [6, 6.07) is 15.3. The Labute approximate surface area is 187 Å². The molecule has 0 aliphatic carbocycles. The van der Waals surface area contributed by atoms with Crippen molar-refractivity contribution in [2.45, 2.75) is 25.9 Å². The van der Waals surface area contributed by atoms with Crippen molar-refractivity contribution in [2.24, 2.45) is 0 Å². The van der Waals surface area contributed by atoms with Crippen LogP contribution in [0.5, 0.6) is 11.5 Å². The number of rotatable bonds is 8. The number of methoxy groups -OCH3 is 2. The van der Waals surface area contributed by atoms with Gasteiger partial charge in [0.2, 0.25) is 5.91 Å². The SMILES string of the molecule is COc1ccc(OC)c([C@H](C)NC(=O)CCn2c(-c3ccncc3)cc3cccnc32)c1. The summed E-state index contributed by atoms with van der Waals surface area (Å²) < 4.78 is 12.9. The fraction of sp³-hybridized carbons (Fsp3) is 0.240. The minimum atomic E-state index is -0.230. The molecule has 7 heteroatoms. The van der Waals surface area contributed by atoms with Crippen LogP contribution in [0.1, 0.15) is 24.9 Å². The van der Waals surface area contributed by atoms with Crippen LogP contribution >= 0.6 is 0 Å². The van der Waals surface area contributed by atoms with Crippen LogP contribution < -0.4 is 14.8 Å². The summed E-state index contributed by atoms with van der Waals surface area (Å²) >= 11 is 0. The molecule has 0 unspecified atom stereocenters. The Morgan fingerprint density at radius 3 is 2.62 bits per heavy atom. The molecule has 32 heavy (non-hydrogen) atoms. The number of fused-ring (bicyclic) bond motifs is 1. The Morgan fingerprint density at radius 1 is 1.06 bits per heavy atom. The third-order valence-electron chi connectivity index (χ3n) is 5.47. The highest BCUT2D eigenvalue weighted by Gasteiger charge is 2.17. The van der Waals surface area contributed by atoms with Gasteiger partial charge in [-0.25, -0.2) is 4.98 Å². The number of nitrogens with zero attached hydrogens (tertiary/aromatic N) is 3. The summed E-state index contributed by atoms with van der Waals surface area (Å²) in [5.41, 5.74) is 3.77. The van der Waals surface area contributed by atoms with Crippen LogP contribution in [0, 0.1) is 0 Å². The molecule has 3 aromatic heterocycles. The summed E-state index contributed by atoms with van der Waals surface area (Å²) in [7, 11) is 3.23. The first-order valence-corrected chi connectivity index (χ1v) is 10.5. The lowest BCUT2D eigenvalue weighted by atomic mass is 10.1. The van der Waals surface area contributed by atoms with Crippen LogP contribution in [0.15, 0.2) is 67.1 Å². The second-order valence-electron chi connectivity index (χ2n) is 7.48. The number of aryl methyl sites for hydroxylation is 1. The average Bonchev–Trinajstić information content (AvgIpc) is 3.21. The molecule has 0 fully saturated rings. The van der Waals surface area contributed by atoms with Crippen LogP contribution in [0.2, 0.25) is 0 Å². The number of hydrogen-bond acceptors (Lipinski definition) is 5. The van der Waals surface area contributed by atoms with E-state index in [9.17, 15) is 4.79 Å². The van der Waals surface area contributed by atoms with E-state index in [2.05, 4.69) is 25.9 Å². The van der Waals surface area contributed by atoms with E-state index in [-0.39, 0.29) is 11.9 Å². The van der Waals surface area contributed by atoms with Gasteiger partial charge in [-0.15, -0.1) is 0 Å². The van der Waals surface area contributed by atoms with Gasteiger partial charge >= 0.3 is 0 Å². The van der Waals surface area contributed by atoms with E-state index in [1.807, 2.05) is 49.4 Å². The number of pyridine rings is 2. The number of hydrogen-bond donors (Lipinski definition) is 1. The van der Waals surface area contributed by atoms with E-state index in [0.29, 0.717) is 24.5 Å². The fourth-order valence-corrected chi connectivity index (χ4v) is 3.86. The van der Waals surface area contributed by atoms with Crippen molar-refractivity contribution in [3.8, 4) is 22.8 Å². The maximum Gasteiger partial charge on any atom is 0.222 e. The second-order valence-corrected chi connectivity index (χ2v) is 7.48. The van der Waals surface area contributed by atoms with Gasteiger partial charge in [-0.05, 0) is 55.5 Å². The molecule has 164 valence electrons. The fourth-order valence-electron chi connectivity index (χ4n) is 3.86. The van der Waals surface area contributed by atoms with Crippen LogP contribution in [0.25, 0.3) is 22.3 Å². The zero-order valence-electron chi connectivity index (χ0n) is 18.4. The number of nitrogens with one attached hydrogen (secondary N) is 1. The molecular weight excluding hydrogens is 404 g/mol. The Balaban J connectivity index is 1.53. The minimum Gasteiger partial charge on any atom is -0.497 e. The summed E-state index contributed by atoms with van der Waals surface area (Å²) in [5.74, 6) is 1.37. The first-order valence-electron chi connectivity index (χ1n) is 10.5. The quantitative estimate of drug-likeness (QED) is 0.449. The van der Waals surface area contributed by atoms with Crippen molar-refractivity contribution < 1.29 is 14.3 Å².